The Kier molecular flexibility index (Phi) is 4.96. The average Bonchev–Trinajstić information content (AvgIpc) is 2.74. The summed E-state index contributed by atoms with van der Waals surface area (Å²) in [6.45, 7) is 0. The van der Waals surface area contributed by atoms with Crippen molar-refractivity contribution in [2.24, 2.45) is 0 Å². The van der Waals surface area contributed by atoms with Crippen LogP contribution in [0.2, 0.25) is 0 Å². The summed E-state index contributed by atoms with van der Waals surface area (Å²) in [6.07, 6.45) is 7.40. The summed E-state index contributed by atoms with van der Waals surface area (Å²) >= 11 is 0. The molecule has 0 unspecified atom stereocenters. The molecule has 2 amide bonds. The van der Waals surface area contributed by atoms with E-state index in [9.17, 15) is 9.59 Å². The van der Waals surface area contributed by atoms with Gasteiger partial charge in [-0.25, -0.2) is 4.90 Å². The lowest BCUT2D eigenvalue weighted by atomic mass is 10.1. The van der Waals surface area contributed by atoms with Crippen molar-refractivity contribution < 1.29 is 14.3 Å². The number of nitrogens with one attached hydrogen (secondary N) is 1. The van der Waals surface area contributed by atoms with Crippen LogP contribution in [0.15, 0.2) is 24.3 Å². The number of imide groups is 1. The standard InChI is InChI=1S/C18H24N2O3/c1-23-15-10-8-14(9-11-15)20-17(21)12-16(18(20)22)19-13-6-4-2-3-5-7-13/h8-11,13,16,19H,2-7,12H2,1H3/t16-/m1/s1. The Balaban J connectivity index is 1.68. The Morgan fingerprint density at radius 3 is 2.30 bits per heavy atom. The fourth-order valence-corrected chi connectivity index (χ4v) is 3.50. The van der Waals surface area contributed by atoms with Crippen molar-refractivity contribution in [1.29, 1.82) is 0 Å². The van der Waals surface area contributed by atoms with Gasteiger partial charge in [0.2, 0.25) is 5.91 Å². The number of nitrogens with zero attached hydrogens (tertiary/aromatic N) is 1. The summed E-state index contributed by atoms with van der Waals surface area (Å²) < 4.78 is 5.12. The zero-order chi connectivity index (χ0) is 16.2. The molecular formula is C18H24N2O3. The van der Waals surface area contributed by atoms with Crippen molar-refractivity contribution >= 4 is 17.5 Å². The molecule has 2 fully saturated rings. The fourth-order valence-electron chi connectivity index (χ4n) is 3.50. The number of hydrogen-bond acceptors (Lipinski definition) is 4. The minimum atomic E-state index is -0.382. The van der Waals surface area contributed by atoms with Crippen LogP contribution in [0.25, 0.3) is 0 Å². The van der Waals surface area contributed by atoms with E-state index in [4.69, 9.17) is 4.74 Å². The summed E-state index contributed by atoms with van der Waals surface area (Å²) in [7, 11) is 1.59. The van der Waals surface area contributed by atoms with Crippen molar-refractivity contribution in [3.8, 4) is 5.75 Å². The molecule has 1 aliphatic carbocycles. The minimum Gasteiger partial charge on any atom is -0.497 e. The first kappa shape index (κ1) is 16.0. The third kappa shape index (κ3) is 3.55. The smallest absolute Gasteiger partial charge is 0.251 e. The van der Waals surface area contributed by atoms with Crippen LogP contribution in [0.5, 0.6) is 5.75 Å². The molecule has 0 radical (unpaired) electrons. The molecule has 0 aromatic heterocycles. The van der Waals surface area contributed by atoms with Crippen LogP contribution in [0, 0.1) is 0 Å². The molecule has 23 heavy (non-hydrogen) atoms. The Labute approximate surface area is 137 Å². The molecule has 0 bridgehead atoms. The monoisotopic (exact) mass is 316 g/mol. The molecule has 0 spiro atoms. The van der Waals surface area contributed by atoms with Gasteiger partial charge in [0.15, 0.2) is 0 Å². The quantitative estimate of drug-likeness (QED) is 0.685. The van der Waals surface area contributed by atoms with Crippen LogP contribution in [-0.2, 0) is 9.59 Å². The van der Waals surface area contributed by atoms with Crippen molar-refractivity contribution in [3.63, 3.8) is 0 Å². The van der Waals surface area contributed by atoms with Gasteiger partial charge in [0.1, 0.15) is 5.75 Å². The van der Waals surface area contributed by atoms with Gasteiger partial charge in [-0.3, -0.25) is 9.59 Å². The van der Waals surface area contributed by atoms with Crippen LogP contribution >= 0.6 is 0 Å². The zero-order valence-electron chi connectivity index (χ0n) is 13.6. The minimum absolute atomic E-state index is 0.133. The molecule has 1 heterocycles. The molecule has 1 aromatic carbocycles. The number of anilines is 1. The summed E-state index contributed by atoms with van der Waals surface area (Å²) in [5.74, 6) is 0.441. The van der Waals surface area contributed by atoms with Crippen LogP contribution < -0.4 is 15.0 Å². The maximum atomic E-state index is 12.6. The molecule has 5 heteroatoms. The van der Waals surface area contributed by atoms with Crippen LogP contribution in [0.4, 0.5) is 5.69 Å². The van der Waals surface area contributed by atoms with E-state index in [1.165, 1.54) is 30.6 Å². The fraction of sp³-hybridized carbons (Fsp3) is 0.556. The van der Waals surface area contributed by atoms with Gasteiger partial charge in [-0.05, 0) is 37.1 Å². The second kappa shape index (κ2) is 7.13. The van der Waals surface area contributed by atoms with E-state index in [0.29, 0.717) is 17.5 Å². The molecule has 5 nitrogen and oxygen atoms in total. The highest BCUT2D eigenvalue weighted by atomic mass is 16.5. The Bertz CT molecular complexity index is 562. The molecule has 3 rings (SSSR count). The van der Waals surface area contributed by atoms with Gasteiger partial charge in [0.25, 0.3) is 5.91 Å². The first-order valence-electron chi connectivity index (χ1n) is 8.46. The van der Waals surface area contributed by atoms with E-state index in [2.05, 4.69) is 5.32 Å². The second-order valence-electron chi connectivity index (χ2n) is 6.38. The summed E-state index contributed by atoms with van der Waals surface area (Å²) in [6, 6.07) is 7.01. The van der Waals surface area contributed by atoms with Gasteiger partial charge < -0.3 is 10.1 Å². The van der Waals surface area contributed by atoms with Crippen molar-refractivity contribution in [2.75, 3.05) is 12.0 Å². The summed E-state index contributed by atoms with van der Waals surface area (Å²) in [5.41, 5.74) is 0.617. The van der Waals surface area contributed by atoms with Crippen molar-refractivity contribution in [1.82, 2.24) is 5.32 Å². The number of benzene rings is 1. The van der Waals surface area contributed by atoms with Crippen LogP contribution in [0.1, 0.15) is 44.9 Å². The van der Waals surface area contributed by atoms with Gasteiger partial charge in [0.05, 0.1) is 25.3 Å². The molecular weight excluding hydrogens is 292 g/mol. The highest BCUT2D eigenvalue weighted by Gasteiger charge is 2.40. The Hall–Kier alpha value is -1.88. The largest absolute Gasteiger partial charge is 0.497 e. The molecule has 124 valence electrons. The van der Waals surface area contributed by atoms with Crippen molar-refractivity contribution in [2.45, 2.75) is 57.0 Å². The third-order valence-electron chi connectivity index (χ3n) is 4.77. The molecule has 1 saturated heterocycles. The number of carbonyl (C=O) groups excluding carboxylic acids is 2. The van der Waals surface area contributed by atoms with Gasteiger partial charge >= 0.3 is 0 Å². The number of hydrogen-bond donors (Lipinski definition) is 1. The maximum absolute atomic E-state index is 12.6. The number of methoxy groups -OCH3 is 1. The average molecular weight is 316 g/mol. The summed E-state index contributed by atoms with van der Waals surface area (Å²) in [4.78, 5) is 26.2. The van der Waals surface area contributed by atoms with Crippen LogP contribution in [0.3, 0.4) is 0 Å². The molecule has 1 N–H and O–H groups in total. The second-order valence-corrected chi connectivity index (χ2v) is 6.38. The first-order valence-corrected chi connectivity index (χ1v) is 8.46. The summed E-state index contributed by atoms with van der Waals surface area (Å²) in [5, 5.41) is 3.42. The predicted octanol–water partition coefficient (Wildman–Crippen LogP) is 2.64. The van der Waals surface area contributed by atoms with Crippen molar-refractivity contribution in [3.05, 3.63) is 24.3 Å². The van der Waals surface area contributed by atoms with E-state index in [1.807, 2.05) is 0 Å². The molecule has 1 atom stereocenters. The van der Waals surface area contributed by atoms with Gasteiger partial charge in [-0.15, -0.1) is 0 Å². The van der Waals surface area contributed by atoms with E-state index >= 15 is 0 Å². The Morgan fingerprint density at radius 1 is 1.04 bits per heavy atom. The molecule has 1 saturated carbocycles. The van der Waals surface area contributed by atoms with E-state index in [0.717, 1.165) is 12.8 Å². The molecule has 1 aliphatic heterocycles. The Morgan fingerprint density at radius 2 is 1.70 bits per heavy atom. The lowest BCUT2D eigenvalue weighted by Crippen LogP contribution is -2.43. The number of carbonyl (C=O) groups is 2. The maximum Gasteiger partial charge on any atom is 0.251 e. The van der Waals surface area contributed by atoms with E-state index in [-0.39, 0.29) is 24.3 Å². The van der Waals surface area contributed by atoms with Gasteiger partial charge in [-0.1, -0.05) is 25.7 Å². The SMILES string of the molecule is COc1ccc(N2C(=O)C[C@@H](NC3CCCCCC3)C2=O)cc1. The highest BCUT2D eigenvalue weighted by Crippen LogP contribution is 2.26. The molecule has 2 aliphatic rings. The third-order valence-corrected chi connectivity index (χ3v) is 4.77. The number of amides is 2. The lowest BCUT2D eigenvalue weighted by Gasteiger charge is -2.21. The highest BCUT2D eigenvalue weighted by molar-refractivity contribution is 6.22. The number of rotatable bonds is 4. The van der Waals surface area contributed by atoms with E-state index in [1.54, 1.807) is 31.4 Å². The van der Waals surface area contributed by atoms with Crippen LogP contribution in [-0.4, -0.2) is 31.0 Å². The zero-order valence-corrected chi connectivity index (χ0v) is 13.6. The normalized spacial score (nSPS) is 23.2. The topological polar surface area (TPSA) is 58.6 Å². The van der Waals surface area contributed by atoms with Gasteiger partial charge in [-0.2, -0.15) is 0 Å². The predicted molar refractivity (Wildman–Crippen MR) is 88.5 cm³/mol. The first-order chi connectivity index (χ1) is 11.2. The number of ether oxygens (including phenoxy) is 1. The lowest BCUT2D eigenvalue weighted by molar-refractivity contribution is -0.121. The van der Waals surface area contributed by atoms with E-state index < -0.39 is 0 Å². The van der Waals surface area contributed by atoms with Gasteiger partial charge in [0, 0.05) is 6.04 Å². The molecule has 1 aromatic rings.